The van der Waals surface area contributed by atoms with Gasteiger partial charge in [0.05, 0.1) is 12.5 Å². The van der Waals surface area contributed by atoms with Crippen LogP contribution in [0.25, 0.3) is 0 Å². The molecule has 132 valence electrons. The summed E-state index contributed by atoms with van der Waals surface area (Å²) < 4.78 is 13.0. The van der Waals surface area contributed by atoms with Crippen LogP contribution in [0.3, 0.4) is 0 Å². The summed E-state index contributed by atoms with van der Waals surface area (Å²) in [7, 11) is 0. The van der Waals surface area contributed by atoms with Crippen molar-refractivity contribution < 1.29 is 19.1 Å². The van der Waals surface area contributed by atoms with E-state index in [0.717, 1.165) is 18.4 Å². The molecule has 24 heavy (non-hydrogen) atoms. The molecule has 0 radical (unpaired) electrons. The summed E-state index contributed by atoms with van der Waals surface area (Å²) >= 11 is 0. The lowest BCUT2D eigenvalue weighted by Gasteiger charge is -2.42. The highest BCUT2D eigenvalue weighted by Gasteiger charge is 2.35. The average Bonchev–Trinajstić information content (AvgIpc) is 2.51. The molecule has 1 aliphatic carbocycles. The van der Waals surface area contributed by atoms with Gasteiger partial charge in [0.25, 0.3) is 0 Å². The van der Waals surface area contributed by atoms with E-state index in [1.807, 2.05) is 18.7 Å². The highest BCUT2D eigenvalue weighted by atomic mass is 19.1. The molecule has 1 aromatic rings. The second-order valence-corrected chi connectivity index (χ2v) is 6.30. The van der Waals surface area contributed by atoms with E-state index in [2.05, 4.69) is 5.32 Å². The number of likely N-dealkylation sites (N-methyl/N-ethyl adjacent to an activating group) is 1. The van der Waals surface area contributed by atoms with Crippen LogP contribution in [0.4, 0.5) is 4.39 Å². The molecule has 1 atom stereocenters. The van der Waals surface area contributed by atoms with Crippen LogP contribution in [-0.4, -0.2) is 47.1 Å². The fraction of sp³-hybridized carbons (Fsp3) is 0.556. The standard InChI is InChI=1S/C18H25FN2O3/c1-3-16(12-5-7-13(19)8-6-12)18(24)20-14-9-15(10-14)21(4-2)11-17(22)23/h5-8,14-16H,3-4,9-11H2,1-2H3,(H,20,24)(H,22,23). The molecule has 0 aromatic heterocycles. The summed E-state index contributed by atoms with van der Waals surface area (Å²) in [6, 6.07) is 6.34. The molecule has 1 saturated carbocycles. The van der Waals surface area contributed by atoms with E-state index in [4.69, 9.17) is 5.11 Å². The Morgan fingerprint density at radius 2 is 1.92 bits per heavy atom. The minimum absolute atomic E-state index is 0.0367. The van der Waals surface area contributed by atoms with E-state index in [9.17, 15) is 14.0 Å². The van der Waals surface area contributed by atoms with Gasteiger partial charge >= 0.3 is 5.97 Å². The number of rotatable bonds is 8. The molecule has 1 unspecified atom stereocenters. The summed E-state index contributed by atoms with van der Waals surface area (Å²) in [5.74, 6) is -1.47. The zero-order valence-corrected chi connectivity index (χ0v) is 14.2. The minimum atomic E-state index is -0.827. The lowest BCUT2D eigenvalue weighted by atomic mass is 9.84. The van der Waals surface area contributed by atoms with Gasteiger partial charge in [0.1, 0.15) is 5.82 Å². The maximum atomic E-state index is 13.0. The van der Waals surface area contributed by atoms with Crippen molar-refractivity contribution in [1.82, 2.24) is 10.2 Å². The summed E-state index contributed by atoms with van der Waals surface area (Å²) in [5.41, 5.74) is 0.813. The van der Waals surface area contributed by atoms with Gasteiger partial charge in [0.15, 0.2) is 0 Å². The van der Waals surface area contributed by atoms with Crippen LogP contribution in [0.5, 0.6) is 0 Å². The maximum absolute atomic E-state index is 13.0. The molecule has 2 rings (SSSR count). The highest BCUT2D eigenvalue weighted by Crippen LogP contribution is 2.27. The minimum Gasteiger partial charge on any atom is -0.480 e. The maximum Gasteiger partial charge on any atom is 0.317 e. The highest BCUT2D eigenvalue weighted by molar-refractivity contribution is 5.84. The second-order valence-electron chi connectivity index (χ2n) is 6.30. The van der Waals surface area contributed by atoms with Crippen molar-refractivity contribution in [2.45, 2.75) is 51.1 Å². The van der Waals surface area contributed by atoms with Crippen LogP contribution >= 0.6 is 0 Å². The monoisotopic (exact) mass is 336 g/mol. The van der Waals surface area contributed by atoms with Crippen LogP contribution in [0, 0.1) is 5.82 Å². The lowest BCUT2D eigenvalue weighted by Crippen LogP contribution is -2.55. The van der Waals surface area contributed by atoms with E-state index < -0.39 is 5.97 Å². The van der Waals surface area contributed by atoms with Crippen molar-refractivity contribution in [3.05, 3.63) is 35.6 Å². The topological polar surface area (TPSA) is 69.6 Å². The first-order valence-electron chi connectivity index (χ1n) is 8.46. The smallest absolute Gasteiger partial charge is 0.317 e. The van der Waals surface area contributed by atoms with Gasteiger partial charge in [-0.05, 0) is 43.5 Å². The van der Waals surface area contributed by atoms with Gasteiger partial charge in [0, 0.05) is 12.1 Å². The Morgan fingerprint density at radius 1 is 1.29 bits per heavy atom. The van der Waals surface area contributed by atoms with E-state index in [1.165, 1.54) is 12.1 Å². The Morgan fingerprint density at radius 3 is 2.42 bits per heavy atom. The molecule has 1 aliphatic rings. The fourth-order valence-corrected chi connectivity index (χ4v) is 3.25. The number of carboxylic acid groups (broad SMARTS) is 1. The number of amides is 1. The third kappa shape index (κ3) is 4.54. The molecule has 1 amide bonds. The SMILES string of the molecule is CCC(C(=O)NC1CC(N(CC)CC(=O)O)C1)c1ccc(F)cc1. The number of benzene rings is 1. The van der Waals surface area contributed by atoms with Gasteiger partial charge in [-0.25, -0.2) is 4.39 Å². The Hall–Kier alpha value is -1.95. The first-order valence-corrected chi connectivity index (χ1v) is 8.46. The normalized spacial score (nSPS) is 21.2. The molecule has 0 spiro atoms. The van der Waals surface area contributed by atoms with Crippen molar-refractivity contribution in [2.24, 2.45) is 0 Å². The fourth-order valence-electron chi connectivity index (χ4n) is 3.25. The number of nitrogens with one attached hydrogen (secondary N) is 1. The number of carboxylic acids is 1. The molecule has 0 bridgehead atoms. The number of hydrogen-bond acceptors (Lipinski definition) is 3. The molecule has 0 aliphatic heterocycles. The Balaban J connectivity index is 1.86. The third-order valence-electron chi connectivity index (χ3n) is 4.72. The van der Waals surface area contributed by atoms with E-state index in [-0.39, 0.29) is 36.3 Å². The van der Waals surface area contributed by atoms with Gasteiger partial charge in [-0.3, -0.25) is 14.5 Å². The van der Waals surface area contributed by atoms with Crippen LogP contribution in [0.2, 0.25) is 0 Å². The van der Waals surface area contributed by atoms with Gasteiger partial charge in [-0.2, -0.15) is 0 Å². The largest absolute Gasteiger partial charge is 0.480 e. The summed E-state index contributed by atoms with van der Waals surface area (Å²) in [4.78, 5) is 25.2. The molecule has 1 fully saturated rings. The van der Waals surface area contributed by atoms with Crippen LogP contribution in [-0.2, 0) is 9.59 Å². The molecule has 5 nitrogen and oxygen atoms in total. The van der Waals surface area contributed by atoms with Gasteiger partial charge in [-0.1, -0.05) is 26.0 Å². The lowest BCUT2D eigenvalue weighted by molar-refractivity contribution is -0.139. The van der Waals surface area contributed by atoms with E-state index in [1.54, 1.807) is 12.1 Å². The quantitative estimate of drug-likeness (QED) is 0.765. The molecule has 1 aromatic carbocycles. The molecular weight excluding hydrogens is 311 g/mol. The second kappa shape index (κ2) is 8.24. The summed E-state index contributed by atoms with van der Waals surface area (Å²) in [6.07, 6.45) is 2.19. The van der Waals surface area contributed by atoms with E-state index >= 15 is 0 Å². The first-order chi connectivity index (χ1) is 11.4. The van der Waals surface area contributed by atoms with Crippen molar-refractivity contribution in [3.8, 4) is 0 Å². The predicted octanol–water partition coefficient (Wildman–Crippen LogP) is 2.37. The van der Waals surface area contributed by atoms with Gasteiger partial charge < -0.3 is 10.4 Å². The van der Waals surface area contributed by atoms with Crippen molar-refractivity contribution >= 4 is 11.9 Å². The first kappa shape index (κ1) is 18.4. The van der Waals surface area contributed by atoms with Crippen molar-refractivity contribution in [1.29, 1.82) is 0 Å². The Kier molecular flexibility index (Phi) is 6.31. The van der Waals surface area contributed by atoms with Crippen LogP contribution in [0.15, 0.2) is 24.3 Å². The number of hydrogen-bond donors (Lipinski definition) is 2. The Labute approximate surface area is 141 Å². The molecule has 2 N–H and O–H groups in total. The molecule has 6 heteroatoms. The molecule has 0 heterocycles. The summed E-state index contributed by atoms with van der Waals surface area (Å²) in [5, 5.41) is 11.9. The number of carbonyl (C=O) groups is 2. The van der Waals surface area contributed by atoms with Crippen molar-refractivity contribution in [3.63, 3.8) is 0 Å². The molecule has 0 saturated heterocycles. The average molecular weight is 336 g/mol. The number of aliphatic carboxylic acids is 1. The van der Waals surface area contributed by atoms with E-state index in [0.29, 0.717) is 13.0 Å². The predicted molar refractivity (Wildman–Crippen MR) is 89.3 cm³/mol. The summed E-state index contributed by atoms with van der Waals surface area (Å²) in [6.45, 7) is 4.60. The Bertz CT molecular complexity index is 570. The molecular formula is C18H25FN2O3. The van der Waals surface area contributed by atoms with Gasteiger partial charge in [-0.15, -0.1) is 0 Å². The van der Waals surface area contributed by atoms with Crippen LogP contribution in [0.1, 0.15) is 44.6 Å². The zero-order valence-electron chi connectivity index (χ0n) is 14.2. The third-order valence-corrected chi connectivity index (χ3v) is 4.72. The number of halogens is 1. The number of nitrogens with zero attached hydrogens (tertiary/aromatic N) is 1. The van der Waals surface area contributed by atoms with Gasteiger partial charge in [0.2, 0.25) is 5.91 Å². The zero-order chi connectivity index (χ0) is 17.7. The van der Waals surface area contributed by atoms with Crippen LogP contribution < -0.4 is 5.32 Å². The van der Waals surface area contributed by atoms with Crippen molar-refractivity contribution in [2.75, 3.05) is 13.1 Å². The number of carbonyl (C=O) groups excluding carboxylic acids is 1.